The second-order valence-electron chi connectivity index (χ2n) is 3.32. The molecule has 0 bridgehead atoms. The summed E-state index contributed by atoms with van der Waals surface area (Å²) in [6.45, 7) is 0.212. The van der Waals surface area contributed by atoms with Crippen molar-refractivity contribution in [3.05, 3.63) is 29.3 Å². The van der Waals surface area contributed by atoms with Crippen LogP contribution in [0.25, 0.3) is 0 Å². The fourth-order valence-corrected chi connectivity index (χ4v) is 1.84. The van der Waals surface area contributed by atoms with Crippen molar-refractivity contribution in [1.29, 1.82) is 0 Å². The van der Waals surface area contributed by atoms with Gasteiger partial charge in [-0.25, -0.2) is 0 Å². The molecule has 0 heterocycles. The van der Waals surface area contributed by atoms with Gasteiger partial charge in [0.1, 0.15) is 11.5 Å². The Kier molecular flexibility index (Phi) is 4.41. The molecule has 1 aromatic rings. The molecule has 5 heteroatoms. The van der Waals surface area contributed by atoms with Crippen molar-refractivity contribution in [2.45, 2.75) is 25.3 Å². The summed E-state index contributed by atoms with van der Waals surface area (Å²) < 4.78 is 28.5. The van der Waals surface area contributed by atoms with Crippen LogP contribution in [0.4, 0.5) is 8.78 Å². The van der Waals surface area contributed by atoms with Gasteiger partial charge in [-0.15, -0.1) is 0 Å². The number of ketones is 1. The highest BCUT2D eigenvalue weighted by Gasteiger charge is 2.18. The predicted molar refractivity (Wildman–Crippen MR) is 60.2 cm³/mol. The van der Waals surface area contributed by atoms with Crippen LogP contribution in [0.3, 0.4) is 0 Å². The summed E-state index contributed by atoms with van der Waals surface area (Å²) in [4.78, 5) is 10.7. The Hall–Kier alpha value is -0.970. The second-order valence-corrected chi connectivity index (χ2v) is 4.24. The van der Waals surface area contributed by atoms with Crippen molar-refractivity contribution in [3.63, 3.8) is 0 Å². The number of alkyl halides is 3. The van der Waals surface area contributed by atoms with Crippen molar-refractivity contribution >= 4 is 21.7 Å². The molecule has 0 N–H and O–H groups in total. The number of hydrogen-bond acceptors (Lipinski definition) is 2. The zero-order valence-electron chi connectivity index (χ0n) is 8.84. The Labute approximate surface area is 101 Å². The average Bonchev–Trinajstić information content (AvgIpc) is 2.19. The van der Waals surface area contributed by atoms with Crippen LogP contribution in [-0.4, -0.2) is 12.4 Å². The van der Waals surface area contributed by atoms with Gasteiger partial charge in [-0.3, -0.25) is 4.79 Å². The van der Waals surface area contributed by atoms with Gasteiger partial charge in [-0.2, -0.15) is 8.78 Å². The van der Waals surface area contributed by atoms with Gasteiger partial charge >= 0.3 is 6.61 Å². The minimum absolute atomic E-state index is 0.0858. The fraction of sp³-hybridized carbons (Fsp3) is 0.364. The molecule has 16 heavy (non-hydrogen) atoms. The minimum atomic E-state index is -2.86. The van der Waals surface area contributed by atoms with Crippen LogP contribution in [0.15, 0.2) is 18.2 Å². The van der Waals surface area contributed by atoms with Gasteiger partial charge in [-0.05, 0) is 31.0 Å². The van der Waals surface area contributed by atoms with Gasteiger partial charge in [0, 0.05) is 0 Å². The quantitative estimate of drug-likeness (QED) is 0.792. The highest BCUT2D eigenvalue weighted by Crippen LogP contribution is 2.32. The molecule has 1 aromatic carbocycles. The van der Waals surface area contributed by atoms with E-state index in [2.05, 4.69) is 20.7 Å². The number of carbonyl (C=O) groups excluding carboxylic acids is 1. The lowest BCUT2D eigenvalue weighted by Crippen LogP contribution is -2.07. The summed E-state index contributed by atoms with van der Waals surface area (Å²) in [6, 6.07) is 4.73. The summed E-state index contributed by atoms with van der Waals surface area (Å²) in [5.74, 6) is 0.00972. The van der Waals surface area contributed by atoms with E-state index in [-0.39, 0.29) is 11.5 Å². The van der Waals surface area contributed by atoms with Gasteiger partial charge < -0.3 is 4.74 Å². The number of halogens is 3. The number of Topliss-reactive ketones (excluding diaryl/α,β-unsaturated/α-hetero) is 1. The summed E-state index contributed by atoms with van der Waals surface area (Å²) in [6.07, 6.45) is 0. The SMILES string of the molecule is CC(=O)C(Br)c1cccc(OC(F)F)c1C. The third-order valence-corrected chi connectivity index (χ3v) is 3.31. The number of benzene rings is 1. The van der Waals surface area contributed by atoms with E-state index in [1.54, 1.807) is 19.1 Å². The first kappa shape index (κ1) is 13.1. The smallest absolute Gasteiger partial charge is 0.387 e. The van der Waals surface area contributed by atoms with Crippen LogP contribution in [-0.2, 0) is 4.79 Å². The maximum atomic E-state index is 12.1. The van der Waals surface area contributed by atoms with E-state index in [1.807, 2.05) is 0 Å². The molecule has 1 atom stereocenters. The Morgan fingerprint density at radius 2 is 2.06 bits per heavy atom. The molecular weight excluding hydrogens is 282 g/mol. The third-order valence-electron chi connectivity index (χ3n) is 2.17. The van der Waals surface area contributed by atoms with Gasteiger partial charge in [0.05, 0.1) is 4.83 Å². The number of carbonyl (C=O) groups is 1. The molecule has 1 rings (SSSR count). The fourth-order valence-electron chi connectivity index (χ4n) is 1.35. The molecule has 88 valence electrons. The lowest BCUT2D eigenvalue weighted by Gasteiger charge is -2.14. The highest BCUT2D eigenvalue weighted by molar-refractivity contribution is 9.09. The number of rotatable bonds is 4. The van der Waals surface area contributed by atoms with Crippen LogP contribution < -0.4 is 4.74 Å². The number of ether oxygens (including phenoxy) is 1. The molecule has 0 amide bonds. The molecule has 0 aliphatic rings. The van der Waals surface area contributed by atoms with Crippen molar-refractivity contribution in [2.24, 2.45) is 0 Å². The molecule has 1 unspecified atom stereocenters. The molecule has 0 fully saturated rings. The van der Waals surface area contributed by atoms with Gasteiger partial charge in [0.25, 0.3) is 0 Å². The van der Waals surface area contributed by atoms with Crippen LogP contribution in [0.1, 0.15) is 22.9 Å². The Morgan fingerprint density at radius 3 is 2.56 bits per heavy atom. The van der Waals surface area contributed by atoms with E-state index in [1.165, 1.54) is 13.0 Å². The second kappa shape index (κ2) is 5.39. The topological polar surface area (TPSA) is 26.3 Å². The molecule has 0 spiro atoms. The molecular formula is C11H11BrF2O2. The maximum absolute atomic E-state index is 12.1. The average molecular weight is 293 g/mol. The van der Waals surface area contributed by atoms with Crippen molar-refractivity contribution < 1.29 is 18.3 Å². The lowest BCUT2D eigenvalue weighted by atomic mass is 10.0. The Balaban J connectivity index is 3.08. The monoisotopic (exact) mass is 292 g/mol. The minimum Gasteiger partial charge on any atom is -0.435 e. The molecule has 0 radical (unpaired) electrons. The molecule has 0 saturated carbocycles. The van der Waals surface area contributed by atoms with Gasteiger partial charge in [0.2, 0.25) is 0 Å². The lowest BCUT2D eigenvalue weighted by molar-refractivity contribution is -0.116. The summed E-state index contributed by atoms with van der Waals surface area (Å²) in [5, 5.41) is 0. The molecule has 0 aromatic heterocycles. The summed E-state index contributed by atoms with van der Waals surface area (Å²) >= 11 is 3.21. The van der Waals surface area contributed by atoms with Crippen molar-refractivity contribution in [3.8, 4) is 5.75 Å². The van der Waals surface area contributed by atoms with Gasteiger partial charge in [-0.1, -0.05) is 28.1 Å². The zero-order valence-corrected chi connectivity index (χ0v) is 10.4. The highest BCUT2D eigenvalue weighted by atomic mass is 79.9. The molecule has 0 saturated heterocycles. The predicted octanol–water partition coefficient (Wildman–Crippen LogP) is 3.62. The Morgan fingerprint density at radius 1 is 1.44 bits per heavy atom. The van der Waals surface area contributed by atoms with E-state index in [0.717, 1.165) is 0 Å². The van der Waals surface area contributed by atoms with Crippen molar-refractivity contribution in [1.82, 2.24) is 0 Å². The summed E-state index contributed by atoms with van der Waals surface area (Å²) in [7, 11) is 0. The normalized spacial score (nSPS) is 12.6. The van der Waals surface area contributed by atoms with Crippen LogP contribution in [0, 0.1) is 6.92 Å². The van der Waals surface area contributed by atoms with Crippen LogP contribution in [0.2, 0.25) is 0 Å². The van der Waals surface area contributed by atoms with Crippen molar-refractivity contribution in [2.75, 3.05) is 0 Å². The van der Waals surface area contributed by atoms with Gasteiger partial charge in [0.15, 0.2) is 0 Å². The number of hydrogen-bond donors (Lipinski definition) is 0. The first-order valence-electron chi connectivity index (χ1n) is 4.62. The van der Waals surface area contributed by atoms with Crippen LogP contribution in [0.5, 0.6) is 5.75 Å². The van der Waals surface area contributed by atoms with E-state index in [0.29, 0.717) is 11.1 Å². The van der Waals surface area contributed by atoms with E-state index in [9.17, 15) is 13.6 Å². The zero-order chi connectivity index (χ0) is 12.3. The molecule has 2 nitrogen and oxygen atoms in total. The van der Waals surface area contributed by atoms with Crippen LogP contribution >= 0.6 is 15.9 Å². The van der Waals surface area contributed by atoms with E-state index >= 15 is 0 Å². The molecule has 0 aliphatic heterocycles. The first-order valence-corrected chi connectivity index (χ1v) is 5.54. The molecule has 0 aliphatic carbocycles. The van der Waals surface area contributed by atoms with E-state index in [4.69, 9.17) is 0 Å². The largest absolute Gasteiger partial charge is 0.435 e. The first-order chi connectivity index (χ1) is 7.43. The van der Waals surface area contributed by atoms with E-state index < -0.39 is 11.4 Å². The maximum Gasteiger partial charge on any atom is 0.387 e. The third kappa shape index (κ3) is 3.01. The standard InChI is InChI=1S/C11H11BrF2O2/c1-6-8(10(12)7(2)15)4-3-5-9(6)16-11(13)14/h3-5,10-11H,1-2H3. The Bertz CT molecular complexity index is 394. The summed E-state index contributed by atoms with van der Waals surface area (Å²) in [5.41, 5.74) is 1.19.